The van der Waals surface area contributed by atoms with Gasteiger partial charge in [-0.15, -0.1) is 0 Å². The van der Waals surface area contributed by atoms with Gasteiger partial charge in [-0.2, -0.15) is 5.10 Å². The fourth-order valence-electron chi connectivity index (χ4n) is 1.37. The molecule has 0 bridgehead atoms. The summed E-state index contributed by atoms with van der Waals surface area (Å²) >= 11 is 0. The molecule has 2 aromatic heterocycles. The van der Waals surface area contributed by atoms with E-state index in [4.69, 9.17) is 5.73 Å². The van der Waals surface area contributed by atoms with Crippen molar-refractivity contribution in [2.24, 2.45) is 14.1 Å². The van der Waals surface area contributed by atoms with Crippen LogP contribution in [0.25, 0.3) is 0 Å². The van der Waals surface area contributed by atoms with Gasteiger partial charge in [-0.3, -0.25) is 19.0 Å². The van der Waals surface area contributed by atoms with Crippen LogP contribution in [0.3, 0.4) is 0 Å². The Morgan fingerprint density at radius 1 is 1.41 bits per heavy atom. The first-order valence-corrected chi connectivity index (χ1v) is 4.84. The molecule has 17 heavy (non-hydrogen) atoms. The lowest BCUT2D eigenvalue weighted by Crippen LogP contribution is -2.31. The maximum Gasteiger partial charge on any atom is 0.329 e. The quantitative estimate of drug-likeness (QED) is 0.628. The van der Waals surface area contributed by atoms with Crippen molar-refractivity contribution in [3.63, 3.8) is 0 Å². The van der Waals surface area contributed by atoms with Gasteiger partial charge in [0.2, 0.25) is 0 Å². The van der Waals surface area contributed by atoms with Crippen molar-refractivity contribution in [3.8, 4) is 0 Å². The number of aromatic amines is 1. The number of rotatable bonds is 2. The molecule has 4 N–H and O–H groups in total. The van der Waals surface area contributed by atoms with E-state index in [0.717, 1.165) is 4.57 Å². The molecule has 90 valence electrons. The second-order valence-corrected chi connectivity index (χ2v) is 3.58. The highest BCUT2D eigenvalue weighted by molar-refractivity contribution is 5.66. The Kier molecular flexibility index (Phi) is 2.47. The summed E-state index contributed by atoms with van der Waals surface area (Å²) in [6.45, 7) is 0. The van der Waals surface area contributed by atoms with E-state index < -0.39 is 11.2 Å². The van der Waals surface area contributed by atoms with Gasteiger partial charge in [-0.1, -0.05) is 0 Å². The number of anilines is 3. The van der Waals surface area contributed by atoms with E-state index in [0.29, 0.717) is 5.82 Å². The molecule has 0 unspecified atom stereocenters. The highest BCUT2D eigenvalue weighted by atomic mass is 16.2. The average Bonchev–Trinajstić information content (AvgIpc) is 2.67. The molecule has 0 radical (unpaired) electrons. The molecule has 0 saturated heterocycles. The summed E-state index contributed by atoms with van der Waals surface area (Å²) in [7, 11) is 3.22. The van der Waals surface area contributed by atoms with Crippen LogP contribution >= 0.6 is 0 Å². The number of hydrogen-bond donors (Lipinski definition) is 3. The molecule has 0 atom stereocenters. The lowest BCUT2D eigenvalue weighted by Gasteiger charge is -2.08. The second kappa shape index (κ2) is 3.81. The molecule has 8 nitrogen and oxygen atoms in total. The zero-order chi connectivity index (χ0) is 12.6. The highest BCUT2D eigenvalue weighted by Gasteiger charge is 2.10. The average molecular weight is 236 g/mol. The number of aryl methyl sites for hydroxylation is 1. The summed E-state index contributed by atoms with van der Waals surface area (Å²) in [6, 6.07) is 1.68. The Bertz CT molecular complexity index is 665. The number of nitrogens with one attached hydrogen (secondary N) is 2. The summed E-state index contributed by atoms with van der Waals surface area (Å²) in [4.78, 5) is 25.0. The SMILES string of the molecule is Cn1ccc(Nc2c(N)n(C)c(=O)[nH]c2=O)n1. The summed E-state index contributed by atoms with van der Waals surface area (Å²) in [6.07, 6.45) is 1.72. The minimum Gasteiger partial charge on any atom is -0.383 e. The zero-order valence-corrected chi connectivity index (χ0v) is 9.39. The summed E-state index contributed by atoms with van der Waals surface area (Å²) in [5.41, 5.74) is 4.66. The van der Waals surface area contributed by atoms with E-state index in [-0.39, 0.29) is 11.5 Å². The number of aromatic nitrogens is 4. The van der Waals surface area contributed by atoms with Crippen LogP contribution in [-0.4, -0.2) is 19.3 Å². The number of nitrogens with zero attached hydrogens (tertiary/aromatic N) is 3. The fraction of sp³-hybridized carbons (Fsp3) is 0.222. The summed E-state index contributed by atoms with van der Waals surface area (Å²) in [5, 5.41) is 6.82. The number of nitrogen functional groups attached to an aromatic ring is 1. The Balaban J connectivity index is 2.50. The number of hydrogen-bond acceptors (Lipinski definition) is 5. The van der Waals surface area contributed by atoms with Crippen molar-refractivity contribution >= 4 is 17.3 Å². The van der Waals surface area contributed by atoms with Crippen LogP contribution in [0.5, 0.6) is 0 Å². The van der Waals surface area contributed by atoms with Crippen molar-refractivity contribution in [1.82, 2.24) is 19.3 Å². The topological polar surface area (TPSA) is 111 Å². The van der Waals surface area contributed by atoms with Gasteiger partial charge in [0.05, 0.1) is 0 Å². The summed E-state index contributed by atoms with van der Waals surface area (Å²) in [5.74, 6) is 0.535. The molecule has 0 aliphatic rings. The minimum atomic E-state index is -0.573. The largest absolute Gasteiger partial charge is 0.383 e. The monoisotopic (exact) mass is 236 g/mol. The molecular weight excluding hydrogens is 224 g/mol. The van der Waals surface area contributed by atoms with Crippen molar-refractivity contribution in [2.75, 3.05) is 11.1 Å². The fourth-order valence-corrected chi connectivity index (χ4v) is 1.37. The lowest BCUT2D eigenvalue weighted by atomic mass is 10.4. The molecule has 8 heteroatoms. The van der Waals surface area contributed by atoms with Gasteiger partial charge in [0, 0.05) is 26.4 Å². The molecule has 2 heterocycles. The van der Waals surface area contributed by atoms with Crippen molar-refractivity contribution in [1.29, 1.82) is 0 Å². The normalized spacial score (nSPS) is 10.5. The van der Waals surface area contributed by atoms with Crippen molar-refractivity contribution in [2.45, 2.75) is 0 Å². The molecule has 0 spiro atoms. The van der Waals surface area contributed by atoms with Gasteiger partial charge >= 0.3 is 5.69 Å². The molecule has 0 aliphatic heterocycles. The van der Waals surface area contributed by atoms with Crippen LogP contribution < -0.4 is 22.3 Å². The third-order valence-electron chi connectivity index (χ3n) is 2.34. The van der Waals surface area contributed by atoms with Gasteiger partial charge in [0.25, 0.3) is 5.56 Å². The van der Waals surface area contributed by atoms with E-state index in [1.54, 1.807) is 24.0 Å². The Morgan fingerprint density at radius 3 is 2.71 bits per heavy atom. The summed E-state index contributed by atoms with van der Waals surface area (Å²) < 4.78 is 2.72. The Morgan fingerprint density at radius 2 is 2.12 bits per heavy atom. The van der Waals surface area contributed by atoms with E-state index in [1.807, 2.05) is 0 Å². The van der Waals surface area contributed by atoms with E-state index in [9.17, 15) is 9.59 Å². The number of H-pyrrole nitrogens is 1. The number of nitrogens with two attached hydrogens (primary N) is 1. The Hall–Kier alpha value is -2.51. The van der Waals surface area contributed by atoms with E-state index in [2.05, 4.69) is 15.4 Å². The second-order valence-electron chi connectivity index (χ2n) is 3.58. The predicted octanol–water partition coefficient (Wildman–Crippen LogP) is -0.867. The first-order chi connectivity index (χ1) is 7.99. The van der Waals surface area contributed by atoms with Gasteiger partial charge in [-0.25, -0.2) is 4.79 Å². The van der Waals surface area contributed by atoms with Crippen LogP contribution in [0.4, 0.5) is 17.3 Å². The molecular formula is C9H12N6O2. The van der Waals surface area contributed by atoms with Crippen LogP contribution in [-0.2, 0) is 14.1 Å². The molecule has 2 rings (SSSR count). The van der Waals surface area contributed by atoms with Gasteiger partial charge in [0.15, 0.2) is 5.82 Å². The lowest BCUT2D eigenvalue weighted by molar-refractivity contribution is 0.770. The van der Waals surface area contributed by atoms with E-state index in [1.165, 1.54) is 7.05 Å². The standard InChI is InChI=1S/C9H12N6O2/c1-14-4-3-5(13-14)11-6-7(10)15(2)9(17)12-8(6)16/h3-4H,10H2,1-2H3,(H,11,13)(H,12,16,17). The molecule has 0 aromatic carbocycles. The molecule has 0 saturated carbocycles. The smallest absolute Gasteiger partial charge is 0.329 e. The maximum atomic E-state index is 11.6. The van der Waals surface area contributed by atoms with Crippen LogP contribution in [0, 0.1) is 0 Å². The van der Waals surface area contributed by atoms with Crippen molar-refractivity contribution in [3.05, 3.63) is 33.1 Å². The molecule has 2 aromatic rings. The first kappa shape index (κ1) is 11.0. The zero-order valence-electron chi connectivity index (χ0n) is 9.39. The molecule has 0 amide bonds. The predicted molar refractivity (Wildman–Crippen MR) is 63.2 cm³/mol. The van der Waals surface area contributed by atoms with Crippen LogP contribution in [0.15, 0.2) is 21.9 Å². The van der Waals surface area contributed by atoms with Gasteiger partial charge in [-0.05, 0) is 0 Å². The first-order valence-electron chi connectivity index (χ1n) is 4.84. The minimum absolute atomic E-state index is 0.0596. The highest BCUT2D eigenvalue weighted by Crippen LogP contribution is 2.14. The molecule has 0 fully saturated rings. The van der Waals surface area contributed by atoms with Crippen LogP contribution in [0.2, 0.25) is 0 Å². The van der Waals surface area contributed by atoms with E-state index >= 15 is 0 Å². The van der Waals surface area contributed by atoms with Gasteiger partial charge in [0.1, 0.15) is 11.5 Å². The third kappa shape index (κ3) is 1.92. The third-order valence-corrected chi connectivity index (χ3v) is 2.34. The molecule has 0 aliphatic carbocycles. The van der Waals surface area contributed by atoms with Crippen molar-refractivity contribution < 1.29 is 0 Å². The maximum absolute atomic E-state index is 11.6. The Labute approximate surface area is 95.7 Å². The van der Waals surface area contributed by atoms with Crippen LogP contribution in [0.1, 0.15) is 0 Å². The van der Waals surface area contributed by atoms with Gasteiger partial charge < -0.3 is 11.1 Å².